The highest BCUT2D eigenvalue weighted by molar-refractivity contribution is 14.1. The summed E-state index contributed by atoms with van der Waals surface area (Å²) in [4.78, 5) is 47.0. The minimum Gasteiger partial charge on any atom is -0.463 e. The van der Waals surface area contributed by atoms with Gasteiger partial charge in [-0.2, -0.15) is 0 Å². The number of carbonyl (C=O) groups excluding carboxylic acids is 4. The number of nitrogens with one attached hydrogen (secondary N) is 1. The van der Waals surface area contributed by atoms with Crippen molar-refractivity contribution < 1.29 is 38.1 Å². The van der Waals surface area contributed by atoms with Crippen molar-refractivity contribution in [3.63, 3.8) is 0 Å². The molecule has 0 spiro atoms. The summed E-state index contributed by atoms with van der Waals surface area (Å²) in [5, 5.41) is 2.77. The summed E-state index contributed by atoms with van der Waals surface area (Å²) >= 11 is 3.70. The maximum atomic E-state index is 12.0. The SMILES string of the molecule is CC(=O)N[C@@H]1[C@@H](OC(C)=O)[C@H](OC(C)=O)[C@@H](COC(C)=O)O[C@H]1SCCc1ccccc1I. The Bertz CT molecular complexity index is 867. The number of amides is 1. The van der Waals surface area contributed by atoms with Gasteiger partial charge in [0.15, 0.2) is 12.2 Å². The molecular weight excluding hydrogens is 565 g/mol. The standard InChI is InChI=1S/C22H28INO8S/c1-12(25)24-19-21(31-15(4)28)20(30-14(3)27)18(11-29-13(2)26)32-22(19)33-10-9-16-7-5-6-8-17(16)23/h5-8,18-22H,9-11H2,1-4H3,(H,24,25)/t18-,19-,20-,21-,22+/m1/s1. The number of hydrogen-bond donors (Lipinski definition) is 1. The Morgan fingerprint density at radius 1 is 1.00 bits per heavy atom. The fourth-order valence-corrected chi connectivity index (χ4v) is 5.30. The molecule has 0 unspecified atom stereocenters. The van der Waals surface area contributed by atoms with E-state index in [1.807, 2.05) is 24.3 Å². The van der Waals surface area contributed by atoms with Crippen molar-refractivity contribution in [2.75, 3.05) is 12.4 Å². The second-order valence-electron chi connectivity index (χ2n) is 7.43. The van der Waals surface area contributed by atoms with Crippen LogP contribution in [0.1, 0.15) is 33.3 Å². The minimum absolute atomic E-state index is 0.203. The van der Waals surface area contributed by atoms with Crippen LogP contribution in [0.4, 0.5) is 0 Å². The quantitative estimate of drug-likeness (QED) is 0.261. The normalized spacial score (nSPS) is 24.5. The zero-order chi connectivity index (χ0) is 24.5. The van der Waals surface area contributed by atoms with E-state index in [2.05, 4.69) is 27.9 Å². The van der Waals surface area contributed by atoms with Gasteiger partial charge in [0.2, 0.25) is 5.91 Å². The molecule has 1 fully saturated rings. The van der Waals surface area contributed by atoms with Gasteiger partial charge in [0.25, 0.3) is 0 Å². The van der Waals surface area contributed by atoms with Crippen LogP contribution in [0.3, 0.4) is 0 Å². The molecule has 1 aromatic rings. The molecular formula is C22H28INO8S. The van der Waals surface area contributed by atoms with E-state index in [0.717, 1.165) is 9.99 Å². The Morgan fingerprint density at radius 2 is 1.64 bits per heavy atom. The summed E-state index contributed by atoms with van der Waals surface area (Å²) in [6.45, 7) is 4.83. The van der Waals surface area contributed by atoms with Crippen molar-refractivity contribution in [2.45, 2.75) is 63.9 Å². The van der Waals surface area contributed by atoms with Crippen LogP contribution in [0.2, 0.25) is 0 Å². The molecule has 5 atom stereocenters. The molecule has 0 bridgehead atoms. The molecule has 1 heterocycles. The first-order valence-electron chi connectivity index (χ1n) is 10.3. The minimum atomic E-state index is -1.07. The Kier molecular flexibility index (Phi) is 10.9. The van der Waals surface area contributed by atoms with Crippen LogP contribution in [0.25, 0.3) is 0 Å². The Labute approximate surface area is 210 Å². The van der Waals surface area contributed by atoms with Crippen LogP contribution in [0.5, 0.6) is 0 Å². The first-order chi connectivity index (χ1) is 15.6. The number of carbonyl (C=O) groups is 4. The fourth-order valence-electron chi connectivity index (χ4n) is 3.42. The molecule has 182 valence electrons. The van der Waals surface area contributed by atoms with E-state index in [1.54, 1.807) is 0 Å². The predicted molar refractivity (Wildman–Crippen MR) is 129 cm³/mol. The third-order valence-electron chi connectivity index (χ3n) is 4.68. The third-order valence-corrected chi connectivity index (χ3v) is 6.91. The monoisotopic (exact) mass is 593 g/mol. The Hall–Kier alpha value is -1.86. The molecule has 1 aromatic carbocycles. The lowest BCUT2D eigenvalue weighted by Crippen LogP contribution is -2.65. The van der Waals surface area contributed by atoms with Crippen molar-refractivity contribution in [2.24, 2.45) is 0 Å². The first-order valence-corrected chi connectivity index (χ1v) is 12.5. The van der Waals surface area contributed by atoms with Gasteiger partial charge in [0.05, 0.1) is 0 Å². The molecule has 1 aliphatic rings. The highest BCUT2D eigenvalue weighted by atomic mass is 127. The van der Waals surface area contributed by atoms with Crippen LogP contribution in [-0.4, -0.2) is 66.0 Å². The number of ether oxygens (including phenoxy) is 4. The van der Waals surface area contributed by atoms with Crippen molar-refractivity contribution >= 4 is 58.2 Å². The van der Waals surface area contributed by atoms with Crippen LogP contribution >= 0.6 is 34.4 Å². The van der Waals surface area contributed by atoms with E-state index in [0.29, 0.717) is 5.75 Å². The van der Waals surface area contributed by atoms with Gasteiger partial charge in [0, 0.05) is 31.3 Å². The number of esters is 3. The van der Waals surface area contributed by atoms with Gasteiger partial charge >= 0.3 is 17.9 Å². The average molecular weight is 593 g/mol. The maximum absolute atomic E-state index is 12.0. The molecule has 0 aliphatic carbocycles. The number of rotatable bonds is 9. The molecule has 0 saturated carbocycles. The molecule has 2 rings (SSSR count). The van der Waals surface area contributed by atoms with Crippen LogP contribution in [-0.2, 0) is 44.5 Å². The molecule has 9 nitrogen and oxygen atoms in total. The molecule has 11 heteroatoms. The second-order valence-corrected chi connectivity index (χ2v) is 9.80. The predicted octanol–water partition coefficient (Wildman–Crippen LogP) is 2.22. The maximum Gasteiger partial charge on any atom is 0.303 e. The molecule has 1 amide bonds. The zero-order valence-corrected chi connectivity index (χ0v) is 21.8. The fraction of sp³-hybridized carbons (Fsp3) is 0.545. The van der Waals surface area contributed by atoms with E-state index >= 15 is 0 Å². The summed E-state index contributed by atoms with van der Waals surface area (Å²) in [6.07, 6.45) is -2.24. The molecule has 33 heavy (non-hydrogen) atoms. The Morgan fingerprint density at radius 3 is 2.21 bits per heavy atom. The summed E-state index contributed by atoms with van der Waals surface area (Å²) in [5.74, 6) is -1.48. The van der Waals surface area contributed by atoms with Crippen molar-refractivity contribution in [1.29, 1.82) is 0 Å². The summed E-state index contributed by atoms with van der Waals surface area (Å²) in [7, 11) is 0. The highest BCUT2D eigenvalue weighted by Gasteiger charge is 2.50. The number of hydrogen-bond acceptors (Lipinski definition) is 9. The number of aryl methyl sites for hydroxylation is 1. The van der Waals surface area contributed by atoms with Crippen LogP contribution in [0.15, 0.2) is 24.3 Å². The van der Waals surface area contributed by atoms with E-state index in [4.69, 9.17) is 18.9 Å². The number of thioether (sulfide) groups is 1. The molecule has 1 aliphatic heterocycles. The average Bonchev–Trinajstić information content (AvgIpc) is 2.71. The van der Waals surface area contributed by atoms with Gasteiger partial charge in [0.1, 0.15) is 24.2 Å². The van der Waals surface area contributed by atoms with Crippen molar-refractivity contribution in [1.82, 2.24) is 5.32 Å². The lowest BCUT2D eigenvalue weighted by atomic mass is 9.97. The van der Waals surface area contributed by atoms with Crippen molar-refractivity contribution in [3.05, 3.63) is 33.4 Å². The second kappa shape index (κ2) is 13.1. The molecule has 1 N–H and O–H groups in total. The van der Waals surface area contributed by atoms with E-state index in [1.165, 1.54) is 45.0 Å². The summed E-state index contributed by atoms with van der Waals surface area (Å²) < 4.78 is 23.3. The zero-order valence-electron chi connectivity index (χ0n) is 18.9. The van der Waals surface area contributed by atoms with Gasteiger partial charge < -0.3 is 24.3 Å². The van der Waals surface area contributed by atoms with E-state index in [-0.39, 0.29) is 12.5 Å². The topological polar surface area (TPSA) is 117 Å². The highest BCUT2D eigenvalue weighted by Crippen LogP contribution is 2.33. The Balaban J connectivity index is 2.29. The lowest BCUT2D eigenvalue weighted by Gasteiger charge is -2.45. The third kappa shape index (κ3) is 8.78. The molecule has 0 radical (unpaired) electrons. The van der Waals surface area contributed by atoms with Crippen LogP contribution in [0, 0.1) is 3.57 Å². The largest absolute Gasteiger partial charge is 0.463 e. The van der Waals surface area contributed by atoms with E-state index < -0.39 is 47.7 Å². The van der Waals surface area contributed by atoms with Gasteiger partial charge in [-0.25, -0.2) is 0 Å². The van der Waals surface area contributed by atoms with E-state index in [9.17, 15) is 19.2 Å². The van der Waals surface area contributed by atoms with Gasteiger partial charge in [-0.3, -0.25) is 19.2 Å². The summed E-state index contributed by atoms with van der Waals surface area (Å²) in [5.41, 5.74) is 0.523. The van der Waals surface area contributed by atoms with Gasteiger partial charge in [-0.1, -0.05) is 18.2 Å². The van der Waals surface area contributed by atoms with Crippen LogP contribution < -0.4 is 5.32 Å². The smallest absolute Gasteiger partial charge is 0.303 e. The number of benzene rings is 1. The molecule has 0 aromatic heterocycles. The first kappa shape index (κ1) is 27.4. The van der Waals surface area contributed by atoms with Gasteiger partial charge in [-0.15, -0.1) is 11.8 Å². The summed E-state index contributed by atoms with van der Waals surface area (Å²) in [6, 6.07) is 7.21. The number of halogens is 1. The van der Waals surface area contributed by atoms with Gasteiger partial charge in [-0.05, 0) is 46.4 Å². The van der Waals surface area contributed by atoms with Crippen molar-refractivity contribution in [3.8, 4) is 0 Å². The lowest BCUT2D eigenvalue weighted by molar-refractivity contribution is -0.211. The molecule has 1 saturated heterocycles.